The van der Waals surface area contributed by atoms with Crippen molar-refractivity contribution in [1.29, 1.82) is 5.26 Å². The maximum absolute atomic E-state index is 12.3. The quantitative estimate of drug-likeness (QED) is 0.773. The van der Waals surface area contributed by atoms with Crippen molar-refractivity contribution in [2.24, 2.45) is 14.1 Å². The molecule has 0 bridgehead atoms. The number of nitriles is 1. The summed E-state index contributed by atoms with van der Waals surface area (Å²) in [6, 6.07) is 1.98. The summed E-state index contributed by atoms with van der Waals surface area (Å²) in [5.74, 6) is 0.422. The molecular formula is C16H20N6O2S. The molecule has 8 nitrogen and oxygen atoms in total. The number of hydrogen-bond donors (Lipinski definition) is 0. The van der Waals surface area contributed by atoms with Gasteiger partial charge in [0.05, 0.1) is 11.2 Å². The number of anilines is 1. The van der Waals surface area contributed by atoms with Gasteiger partial charge in [0.15, 0.2) is 5.56 Å². The molecule has 3 rings (SSSR count). The molecule has 25 heavy (non-hydrogen) atoms. The lowest BCUT2D eigenvalue weighted by atomic mass is 10.2. The average molecular weight is 360 g/mol. The molecule has 132 valence electrons. The van der Waals surface area contributed by atoms with E-state index in [1.165, 1.54) is 11.6 Å². The van der Waals surface area contributed by atoms with E-state index in [-0.39, 0.29) is 5.56 Å². The summed E-state index contributed by atoms with van der Waals surface area (Å²) in [5, 5.41) is 11.5. The van der Waals surface area contributed by atoms with Crippen LogP contribution in [-0.4, -0.2) is 45.2 Å². The molecule has 0 aliphatic carbocycles. The normalized spacial score (nSPS) is 15.8. The van der Waals surface area contributed by atoms with E-state index >= 15 is 0 Å². The number of thiazole rings is 1. The first-order valence-corrected chi connectivity index (χ1v) is 9.01. The molecule has 0 atom stereocenters. The second-order valence-corrected chi connectivity index (χ2v) is 6.83. The monoisotopic (exact) mass is 360 g/mol. The molecule has 0 aromatic carbocycles. The summed E-state index contributed by atoms with van der Waals surface area (Å²) in [7, 11) is 3.00. The molecule has 9 heteroatoms. The van der Waals surface area contributed by atoms with Crippen LogP contribution in [0.4, 0.5) is 5.82 Å². The van der Waals surface area contributed by atoms with Gasteiger partial charge in [-0.1, -0.05) is 0 Å². The lowest BCUT2D eigenvalue weighted by Crippen LogP contribution is -2.43. The second-order valence-electron chi connectivity index (χ2n) is 6.11. The van der Waals surface area contributed by atoms with Crippen molar-refractivity contribution < 1.29 is 0 Å². The number of hydrogen-bond acceptors (Lipinski definition) is 7. The molecule has 1 aliphatic heterocycles. The Labute approximate surface area is 149 Å². The van der Waals surface area contributed by atoms with E-state index in [0.29, 0.717) is 18.9 Å². The third-order valence-corrected chi connectivity index (χ3v) is 5.14. The zero-order valence-electron chi connectivity index (χ0n) is 14.3. The van der Waals surface area contributed by atoms with Crippen molar-refractivity contribution in [1.82, 2.24) is 19.0 Å². The average Bonchev–Trinajstić information content (AvgIpc) is 3.01. The van der Waals surface area contributed by atoms with E-state index in [2.05, 4.69) is 9.88 Å². The fourth-order valence-electron chi connectivity index (χ4n) is 3.19. The summed E-state index contributed by atoms with van der Waals surface area (Å²) >= 11 is 1.58. The summed E-state index contributed by atoms with van der Waals surface area (Å²) in [6.45, 7) is 3.83. The Kier molecular flexibility index (Phi) is 5.01. The zero-order chi connectivity index (χ0) is 18.0. The van der Waals surface area contributed by atoms with Crippen molar-refractivity contribution in [3.8, 4) is 6.07 Å². The standard InChI is InChI=1S/C16H20N6O2S/c1-19-14(13(8-17)15(23)20(2)16(19)24)22-5-3-4-21(6-7-22)9-12-10-25-11-18-12/h10-11H,3-7,9H2,1-2H3. The maximum atomic E-state index is 12.3. The zero-order valence-corrected chi connectivity index (χ0v) is 15.1. The van der Waals surface area contributed by atoms with Crippen LogP contribution in [0.2, 0.25) is 0 Å². The Morgan fingerprint density at radius 2 is 2.00 bits per heavy atom. The Balaban J connectivity index is 1.87. The first kappa shape index (κ1) is 17.4. The van der Waals surface area contributed by atoms with E-state index in [9.17, 15) is 14.9 Å². The van der Waals surface area contributed by atoms with Crippen LogP contribution in [0.15, 0.2) is 20.5 Å². The molecule has 1 saturated heterocycles. The van der Waals surface area contributed by atoms with Crippen LogP contribution >= 0.6 is 11.3 Å². The molecule has 1 aliphatic rings. The van der Waals surface area contributed by atoms with Gasteiger partial charge in [0.25, 0.3) is 5.56 Å². The fraction of sp³-hybridized carbons (Fsp3) is 0.500. The molecule has 0 saturated carbocycles. The minimum absolute atomic E-state index is 0.0255. The minimum Gasteiger partial charge on any atom is -0.355 e. The van der Waals surface area contributed by atoms with Crippen LogP contribution < -0.4 is 16.1 Å². The number of aromatic nitrogens is 3. The minimum atomic E-state index is -0.538. The van der Waals surface area contributed by atoms with Gasteiger partial charge in [-0.25, -0.2) is 9.78 Å². The van der Waals surface area contributed by atoms with E-state index < -0.39 is 11.2 Å². The molecule has 0 unspecified atom stereocenters. The molecule has 0 amide bonds. The second kappa shape index (κ2) is 7.21. The molecule has 0 radical (unpaired) electrons. The van der Waals surface area contributed by atoms with Gasteiger partial charge >= 0.3 is 5.69 Å². The largest absolute Gasteiger partial charge is 0.355 e. The van der Waals surface area contributed by atoms with Gasteiger partial charge in [-0.2, -0.15) is 5.26 Å². The molecule has 2 aromatic rings. The molecule has 0 spiro atoms. The highest BCUT2D eigenvalue weighted by Gasteiger charge is 2.23. The van der Waals surface area contributed by atoms with Crippen molar-refractivity contribution in [2.75, 3.05) is 31.1 Å². The number of nitrogens with zero attached hydrogens (tertiary/aromatic N) is 6. The summed E-state index contributed by atoms with van der Waals surface area (Å²) in [6.07, 6.45) is 0.887. The van der Waals surface area contributed by atoms with Crippen LogP contribution in [-0.2, 0) is 20.6 Å². The van der Waals surface area contributed by atoms with Gasteiger partial charge in [-0.3, -0.25) is 18.8 Å². The first-order chi connectivity index (χ1) is 12.0. The predicted molar refractivity (Wildman–Crippen MR) is 95.9 cm³/mol. The SMILES string of the molecule is Cn1c(N2CCCN(Cc3cscn3)CC2)c(C#N)c(=O)n(C)c1=O. The molecule has 2 aromatic heterocycles. The highest BCUT2D eigenvalue weighted by atomic mass is 32.1. The van der Waals surface area contributed by atoms with Crippen molar-refractivity contribution in [3.63, 3.8) is 0 Å². The van der Waals surface area contributed by atoms with Gasteiger partial charge in [-0.05, 0) is 6.42 Å². The third-order valence-electron chi connectivity index (χ3n) is 4.50. The number of rotatable bonds is 3. The Hall–Kier alpha value is -2.44. The third kappa shape index (κ3) is 3.36. The van der Waals surface area contributed by atoms with Crippen molar-refractivity contribution >= 4 is 17.2 Å². The van der Waals surface area contributed by atoms with E-state index in [4.69, 9.17) is 0 Å². The van der Waals surface area contributed by atoms with Gasteiger partial charge in [-0.15, -0.1) is 11.3 Å². The van der Waals surface area contributed by atoms with E-state index in [1.807, 2.05) is 21.9 Å². The highest BCUT2D eigenvalue weighted by molar-refractivity contribution is 7.07. The summed E-state index contributed by atoms with van der Waals surface area (Å²) < 4.78 is 2.38. The predicted octanol–water partition coefficient (Wildman–Crippen LogP) is 0.124. The maximum Gasteiger partial charge on any atom is 0.332 e. The Morgan fingerprint density at radius 1 is 1.20 bits per heavy atom. The van der Waals surface area contributed by atoms with Crippen LogP contribution in [0.5, 0.6) is 0 Å². The molecule has 3 heterocycles. The fourth-order valence-corrected chi connectivity index (χ4v) is 3.74. The molecular weight excluding hydrogens is 340 g/mol. The van der Waals surface area contributed by atoms with Gasteiger partial charge in [0, 0.05) is 52.2 Å². The van der Waals surface area contributed by atoms with E-state index in [1.54, 1.807) is 18.4 Å². The lowest BCUT2D eigenvalue weighted by Gasteiger charge is -2.26. The van der Waals surface area contributed by atoms with Crippen molar-refractivity contribution in [3.05, 3.63) is 43.0 Å². The lowest BCUT2D eigenvalue weighted by molar-refractivity contribution is 0.282. The topological polar surface area (TPSA) is 87.2 Å². The summed E-state index contributed by atoms with van der Waals surface area (Å²) in [4.78, 5) is 33.1. The highest BCUT2D eigenvalue weighted by Crippen LogP contribution is 2.18. The smallest absolute Gasteiger partial charge is 0.332 e. The van der Waals surface area contributed by atoms with Gasteiger partial charge in [0.1, 0.15) is 11.9 Å². The Morgan fingerprint density at radius 3 is 2.68 bits per heavy atom. The summed E-state index contributed by atoms with van der Waals surface area (Å²) in [5.41, 5.74) is 1.95. The van der Waals surface area contributed by atoms with Crippen LogP contribution in [0, 0.1) is 11.3 Å². The molecule has 0 N–H and O–H groups in total. The Bertz CT molecular complexity index is 908. The molecule has 1 fully saturated rings. The van der Waals surface area contributed by atoms with E-state index in [0.717, 1.165) is 36.3 Å². The van der Waals surface area contributed by atoms with Gasteiger partial charge < -0.3 is 4.90 Å². The van der Waals surface area contributed by atoms with Crippen LogP contribution in [0.1, 0.15) is 17.7 Å². The van der Waals surface area contributed by atoms with Gasteiger partial charge in [0.2, 0.25) is 0 Å². The first-order valence-electron chi connectivity index (χ1n) is 8.07. The van der Waals surface area contributed by atoms with Crippen LogP contribution in [0.25, 0.3) is 0 Å². The van der Waals surface area contributed by atoms with Crippen LogP contribution in [0.3, 0.4) is 0 Å². The van der Waals surface area contributed by atoms with Crippen molar-refractivity contribution in [2.45, 2.75) is 13.0 Å².